The number of Topliss-reactive ketones (excluding diaryl/α,β-unsaturated/α-hetero) is 1. The van der Waals surface area contributed by atoms with Gasteiger partial charge < -0.3 is 9.80 Å². The van der Waals surface area contributed by atoms with Crippen LogP contribution in [0.3, 0.4) is 0 Å². The number of halogens is 1. The van der Waals surface area contributed by atoms with Crippen molar-refractivity contribution in [1.29, 1.82) is 0 Å². The molecule has 0 aliphatic carbocycles. The molecule has 0 bridgehead atoms. The quantitative estimate of drug-likeness (QED) is 0.852. The van der Waals surface area contributed by atoms with E-state index in [0.29, 0.717) is 11.4 Å². The van der Waals surface area contributed by atoms with Crippen molar-refractivity contribution in [1.82, 2.24) is 0 Å². The molecule has 4 heteroatoms. The van der Waals surface area contributed by atoms with E-state index in [-0.39, 0.29) is 5.78 Å². The van der Waals surface area contributed by atoms with Gasteiger partial charge >= 0.3 is 0 Å². The Bertz CT molecular complexity index is 634. The summed E-state index contributed by atoms with van der Waals surface area (Å²) < 4.78 is 0. The molecule has 1 N–H and O–H groups in total. The first kappa shape index (κ1) is 16.0. The summed E-state index contributed by atoms with van der Waals surface area (Å²) in [6.45, 7) is 5.18. The van der Waals surface area contributed by atoms with Gasteiger partial charge in [-0.3, -0.25) is 4.79 Å². The first-order chi connectivity index (χ1) is 11.2. The Balaban J connectivity index is 1.46. The van der Waals surface area contributed by atoms with Gasteiger partial charge in [0.1, 0.15) is 0 Å². The Morgan fingerprint density at radius 1 is 1.00 bits per heavy atom. The lowest BCUT2D eigenvalue weighted by atomic mass is 10.1. The van der Waals surface area contributed by atoms with Gasteiger partial charge in [-0.05, 0) is 36.4 Å². The van der Waals surface area contributed by atoms with Crippen molar-refractivity contribution in [3.8, 4) is 0 Å². The molecule has 1 aliphatic heterocycles. The third-order valence-electron chi connectivity index (χ3n) is 4.46. The zero-order chi connectivity index (χ0) is 16.1. The minimum atomic E-state index is 0.208. The molecule has 2 aromatic rings. The summed E-state index contributed by atoms with van der Waals surface area (Å²) in [5.41, 5.74) is 2.06. The van der Waals surface area contributed by atoms with Crippen molar-refractivity contribution < 1.29 is 9.69 Å². The van der Waals surface area contributed by atoms with Crippen molar-refractivity contribution >= 4 is 23.1 Å². The second kappa shape index (κ2) is 7.62. The first-order valence-corrected chi connectivity index (χ1v) is 8.52. The molecule has 0 spiro atoms. The lowest BCUT2D eigenvalue weighted by Gasteiger charge is -2.33. The summed E-state index contributed by atoms with van der Waals surface area (Å²) in [5.74, 6) is 0.208. The maximum Gasteiger partial charge on any atom is 0.168 e. The summed E-state index contributed by atoms with van der Waals surface area (Å²) >= 11 is 5.86. The van der Waals surface area contributed by atoms with Crippen molar-refractivity contribution in [2.24, 2.45) is 0 Å². The first-order valence-electron chi connectivity index (χ1n) is 8.15. The van der Waals surface area contributed by atoms with Gasteiger partial charge in [0.15, 0.2) is 5.78 Å². The van der Waals surface area contributed by atoms with Crippen LogP contribution < -0.4 is 9.80 Å². The average molecular weight is 330 g/mol. The van der Waals surface area contributed by atoms with Gasteiger partial charge in [0.2, 0.25) is 0 Å². The van der Waals surface area contributed by atoms with Gasteiger partial charge in [-0.2, -0.15) is 0 Å². The van der Waals surface area contributed by atoms with Gasteiger partial charge in [-0.1, -0.05) is 29.8 Å². The predicted octanol–water partition coefficient (Wildman–Crippen LogP) is 2.32. The van der Waals surface area contributed by atoms with Crippen LogP contribution in [0.5, 0.6) is 0 Å². The summed E-state index contributed by atoms with van der Waals surface area (Å²) in [7, 11) is 0. The number of para-hydroxylation sites is 1. The zero-order valence-electron chi connectivity index (χ0n) is 13.2. The molecule has 3 nitrogen and oxygen atoms in total. The molecular formula is C19H22ClN2O+. The molecule has 1 aliphatic rings. The molecule has 2 aromatic carbocycles. The standard InChI is InChI=1S/C19H21ClN2O/c20-17-8-6-16(7-9-17)19(23)10-11-21-12-14-22(15-13-21)18-4-2-1-3-5-18/h1-9H,10-15H2/p+1. The minimum Gasteiger partial charge on any atom is -0.360 e. The maximum absolute atomic E-state index is 12.2. The van der Waals surface area contributed by atoms with E-state index in [4.69, 9.17) is 11.6 Å². The molecule has 0 aromatic heterocycles. The van der Waals surface area contributed by atoms with E-state index >= 15 is 0 Å². The van der Waals surface area contributed by atoms with Gasteiger partial charge in [0, 0.05) is 16.3 Å². The Kier molecular flexibility index (Phi) is 5.31. The fourth-order valence-electron chi connectivity index (χ4n) is 3.04. The molecule has 1 heterocycles. The number of nitrogens with one attached hydrogen (secondary N) is 1. The second-order valence-corrected chi connectivity index (χ2v) is 6.44. The number of piperazine rings is 1. The number of carbonyl (C=O) groups is 1. The van der Waals surface area contributed by atoms with Crippen LogP contribution in [-0.4, -0.2) is 38.5 Å². The van der Waals surface area contributed by atoms with Crippen molar-refractivity contribution in [3.05, 3.63) is 65.2 Å². The number of quaternary nitrogens is 1. The molecule has 0 saturated carbocycles. The van der Waals surface area contributed by atoms with E-state index in [9.17, 15) is 4.79 Å². The summed E-state index contributed by atoms with van der Waals surface area (Å²) in [4.78, 5) is 16.2. The molecule has 0 atom stereocenters. The van der Waals surface area contributed by atoms with Gasteiger partial charge in [0.05, 0.1) is 39.1 Å². The van der Waals surface area contributed by atoms with E-state index in [1.54, 1.807) is 12.1 Å². The molecule has 3 rings (SSSR count). The van der Waals surface area contributed by atoms with Crippen molar-refractivity contribution in [2.45, 2.75) is 6.42 Å². The highest BCUT2D eigenvalue weighted by Gasteiger charge is 2.20. The van der Waals surface area contributed by atoms with Crippen LogP contribution in [0.2, 0.25) is 5.02 Å². The number of hydrogen-bond acceptors (Lipinski definition) is 2. The molecule has 1 fully saturated rings. The SMILES string of the molecule is O=C(CC[NH+]1CCN(c2ccccc2)CC1)c1ccc(Cl)cc1. The van der Waals surface area contributed by atoms with Crippen LogP contribution in [0.25, 0.3) is 0 Å². The van der Waals surface area contributed by atoms with Crippen LogP contribution in [0.4, 0.5) is 5.69 Å². The highest BCUT2D eigenvalue weighted by molar-refractivity contribution is 6.30. The Hall–Kier alpha value is -1.84. The highest BCUT2D eigenvalue weighted by Crippen LogP contribution is 2.13. The molecular weight excluding hydrogens is 308 g/mol. The number of anilines is 1. The number of ketones is 1. The monoisotopic (exact) mass is 329 g/mol. The molecule has 0 unspecified atom stereocenters. The van der Waals surface area contributed by atoms with E-state index in [2.05, 4.69) is 29.2 Å². The second-order valence-electron chi connectivity index (χ2n) is 6.00. The van der Waals surface area contributed by atoms with E-state index in [1.165, 1.54) is 10.6 Å². The lowest BCUT2D eigenvalue weighted by molar-refractivity contribution is -0.899. The topological polar surface area (TPSA) is 24.8 Å². The van der Waals surface area contributed by atoms with Crippen LogP contribution in [0, 0.1) is 0 Å². The van der Waals surface area contributed by atoms with Gasteiger partial charge in [-0.15, -0.1) is 0 Å². The molecule has 0 radical (unpaired) electrons. The number of rotatable bonds is 5. The number of nitrogens with zero attached hydrogens (tertiary/aromatic N) is 1. The zero-order valence-corrected chi connectivity index (χ0v) is 13.9. The van der Waals surface area contributed by atoms with Gasteiger partial charge in [-0.25, -0.2) is 0 Å². The fraction of sp³-hybridized carbons (Fsp3) is 0.316. The molecule has 23 heavy (non-hydrogen) atoms. The highest BCUT2D eigenvalue weighted by atomic mass is 35.5. The molecule has 120 valence electrons. The van der Waals surface area contributed by atoms with Crippen LogP contribution in [-0.2, 0) is 0 Å². The number of hydrogen-bond donors (Lipinski definition) is 1. The third-order valence-corrected chi connectivity index (χ3v) is 4.72. The summed E-state index contributed by atoms with van der Waals surface area (Å²) in [5, 5.41) is 0.671. The van der Waals surface area contributed by atoms with E-state index in [0.717, 1.165) is 38.3 Å². The molecule has 0 amide bonds. The molecule has 1 saturated heterocycles. The number of carbonyl (C=O) groups excluding carboxylic acids is 1. The van der Waals surface area contributed by atoms with Crippen molar-refractivity contribution in [3.63, 3.8) is 0 Å². The third kappa shape index (κ3) is 4.34. The Labute approximate surface area is 142 Å². The smallest absolute Gasteiger partial charge is 0.168 e. The Morgan fingerprint density at radius 3 is 2.30 bits per heavy atom. The minimum absolute atomic E-state index is 0.208. The number of benzene rings is 2. The normalized spacial score (nSPS) is 15.6. The largest absolute Gasteiger partial charge is 0.360 e. The van der Waals surface area contributed by atoms with Crippen molar-refractivity contribution in [2.75, 3.05) is 37.6 Å². The van der Waals surface area contributed by atoms with Crippen LogP contribution in [0.15, 0.2) is 54.6 Å². The van der Waals surface area contributed by atoms with Gasteiger partial charge in [0.25, 0.3) is 0 Å². The van der Waals surface area contributed by atoms with E-state index < -0.39 is 0 Å². The lowest BCUT2D eigenvalue weighted by Crippen LogP contribution is -3.15. The maximum atomic E-state index is 12.2. The fourth-order valence-corrected chi connectivity index (χ4v) is 3.17. The summed E-state index contributed by atoms with van der Waals surface area (Å²) in [6.07, 6.45) is 0.600. The average Bonchev–Trinajstić information content (AvgIpc) is 2.61. The predicted molar refractivity (Wildman–Crippen MR) is 94.6 cm³/mol. The van der Waals surface area contributed by atoms with E-state index in [1.807, 2.05) is 18.2 Å². The summed E-state index contributed by atoms with van der Waals surface area (Å²) in [6, 6.07) is 17.7. The Morgan fingerprint density at radius 2 is 1.65 bits per heavy atom. The van der Waals surface area contributed by atoms with Crippen LogP contribution >= 0.6 is 11.6 Å². The van der Waals surface area contributed by atoms with Crippen LogP contribution in [0.1, 0.15) is 16.8 Å².